The Morgan fingerprint density at radius 3 is 2.05 bits per heavy atom. The van der Waals surface area contributed by atoms with Gasteiger partial charge in [-0.15, -0.1) is 0 Å². The normalized spacial score (nSPS) is 11.7. The molecule has 22 heavy (non-hydrogen) atoms. The van der Waals surface area contributed by atoms with Gasteiger partial charge in [0.25, 0.3) is 0 Å². The van der Waals surface area contributed by atoms with Crippen LogP contribution in [-0.4, -0.2) is 20.4 Å². The second-order valence-electron chi connectivity index (χ2n) is 4.50. The Labute approximate surface area is 129 Å². The van der Waals surface area contributed by atoms with Crippen LogP contribution in [0.4, 0.5) is 0 Å². The van der Waals surface area contributed by atoms with E-state index in [-0.39, 0.29) is 0 Å². The van der Waals surface area contributed by atoms with Gasteiger partial charge < -0.3 is 9.47 Å². The molecule has 0 aliphatic rings. The Hall–Kier alpha value is -3.00. The minimum absolute atomic E-state index is 0.514. The molecule has 0 heterocycles. The average Bonchev–Trinajstić information content (AvgIpc) is 2.59. The number of nitrogens with zero attached hydrogens (tertiary/aromatic N) is 2. The first-order valence-corrected chi connectivity index (χ1v) is 6.73. The number of nitriles is 1. The molecule has 0 aromatic heterocycles. The van der Waals surface area contributed by atoms with E-state index in [2.05, 4.69) is 16.6 Å². The summed E-state index contributed by atoms with van der Waals surface area (Å²) in [5, 5.41) is 13.4. The topological polar surface area (TPSA) is 66.6 Å². The Bertz CT molecular complexity index is 658. The van der Waals surface area contributed by atoms with Crippen LogP contribution in [-0.2, 0) is 0 Å². The smallest absolute Gasteiger partial charge is 0.155 e. The van der Waals surface area contributed by atoms with Gasteiger partial charge in [-0.3, -0.25) is 5.43 Å². The molecule has 0 amide bonds. The van der Waals surface area contributed by atoms with Crippen molar-refractivity contribution in [3.8, 4) is 17.6 Å². The summed E-state index contributed by atoms with van der Waals surface area (Å²) in [5.74, 6) is 1.54. The van der Waals surface area contributed by atoms with Gasteiger partial charge in [0.15, 0.2) is 6.04 Å². The largest absolute Gasteiger partial charge is 0.497 e. The molecule has 1 N–H and O–H groups in total. The maximum atomic E-state index is 9.24. The molecule has 0 aliphatic heterocycles. The van der Waals surface area contributed by atoms with Gasteiger partial charge in [-0.25, -0.2) is 0 Å². The van der Waals surface area contributed by atoms with E-state index >= 15 is 0 Å². The second kappa shape index (κ2) is 7.70. The van der Waals surface area contributed by atoms with E-state index in [4.69, 9.17) is 9.47 Å². The van der Waals surface area contributed by atoms with Crippen molar-refractivity contribution in [2.24, 2.45) is 5.10 Å². The fourth-order valence-electron chi connectivity index (χ4n) is 1.85. The zero-order chi connectivity index (χ0) is 15.8. The monoisotopic (exact) mass is 295 g/mol. The molecule has 0 radical (unpaired) electrons. The molecule has 0 bridgehead atoms. The SMILES string of the molecule is COc1ccc(/C=N/NC(C#N)c2ccc(OC)cc2)cc1. The summed E-state index contributed by atoms with van der Waals surface area (Å²) in [7, 11) is 3.23. The lowest BCUT2D eigenvalue weighted by Gasteiger charge is -2.09. The van der Waals surface area contributed by atoms with Crippen molar-refractivity contribution in [3.05, 3.63) is 59.7 Å². The molecule has 0 saturated heterocycles. The van der Waals surface area contributed by atoms with Gasteiger partial charge in [0.2, 0.25) is 0 Å². The molecule has 0 fully saturated rings. The summed E-state index contributed by atoms with van der Waals surface area (Å²) >= 11 is 0. The van der Waals surface area contributed by atoms with E-state index in [0.717, 1.165) is 22.6 Å². The number of hydrogen-bond donors (Lipinski definition) is 1. The number of hydrogen-bond acceptors (Lipinski definition) is 5. The number of ether oxygens (including phenoxy) is 2. The molecule has 0 spiro atoms. The third-order valence-corrected chi connectivity index (χ3v) is 3.11. The Kier molecular flexibility index (Phi) is 5.38. The average molecular weight is 295 g/mol. The molecule has 5 nitrogen and oxygen atoms in total. The molecule has 0 saturated carbocycles. The Morgan fingerprint density at radius 2 is 1.55 bits per heavy atom. The molecular weight excluding hydrogens is 278 g/mol. The van der Waals surface area contributed by atoms with Crippen molar-refractivity contribution < 1.29 is 9.47 Å². The highest BCUT2D eigenvalue weighted by Gasteiger charge is 2.08. The van der Waals surface area contributed by atoms with Gasteiger partial charge >= 0.3 is 0 Å². The summed E-state index contributed by atoms with van der Waals surface area (Å²) < 4.78 is 10.2. The van der Waals surface area contributed by atoms with E-state index in [1.807, 2.05) is 48.5 Å². The number of methoxy groups -OCH3 is 2. The molecule has 112 valence electrons. The summed E-state index contributed by atoms with van der Waals surface area (Å²) in [6.45, 7) is 0. The summed E-state index contributed by atoms with van der Waals surface area (Å²) in [5.41, 5.74) is 4.58. The first-order chi connectivity index (χ1) is 10.8. The number of rotatable bonds is 6. The lowest BCUT2D eigenvalue weighted by Crippen LogP contribution is -2.13. The maximum Gasteiger partial charge on any atom is 0.155 e. The lowest BCUT2D eigenvalue weighted by molar-refractivity contribution is 0.414. The fraction of sp³-hybridized carbons (Fsp3) is 0.176. The van der Waals surface area contributed by atoms with E-state index in [0.29, 0.717) is 0 Å². The van der Waals surface area contributed by atoms with Crippen LogP contribution in [0.15, 0.2) is 53.6 Å². The number of benzene rings is 2. The molecule has 0 aliphatic carbocycles. The summed E-state index contributed by atoms with van der Waals surface area (Å²) in [4.78, 5) is 0. The second-order valence-corrected chi connectivity index (χ2v) is 4.50. The highest BCUT2D eigenvalue weighted by molar-refractivity contribution is 5.79. The third kappa shape index (κ3) is 4.00. The van der Waals surface area contributed by atoms with Crippen LogP contribution < -0.4 is 14.9 Å². The number of hydrazone groups is 1. The van der Waals surface area contributed by atoms with E-state index in [1.54, 1.807) is 20.4 Å². The van der Waals surface area contributed by atoms with Crippen molar-refractivity contribution >= 4 is 6.21 Å². The predicted octanol–water partition coefficient (Wildman–Crippen LogP) is 2.89. The molecule has 1 atom stereocenters. The molecular formula is C17H17N3O2. The van der Waals surface area contributed by atoms with Gasteiger partial charge in [-0.2, -0.15) is 10.4 Å². The van der Waals surface area contributed by atoms with E-state index in [9.17, 15) is 5.26 Å². The van der Waals surface area contributed by atoms with Crippen LogP contribution in [0.1, 0.15) is 17.2 Å². The zero-order valence-electron chi connectivity index (χ0n) is 12.5. The van der Waals surface area contributed by atoms with Crippen LogP contribution in [0, 0.1) is 11.3 Å². The zero-order valence-corrected chi connectivity index (χ0v) is 12.5. The molecule has 5 heteroatoms. The minimum Gasteiger partial charge on any atom is -0.497 e. The van der Waals surface area contributed by atoms with Gasteiger partial charge in [0.05, 0.1) is 26.5 Å². The van der Waals surface area contributed by atoms with Crippen LogP contribution in [0.25, 0.3) is 0 Å². The Balaban J connectivity index is 2.00. The van der Waals surface area contributed by atoms with Crippen molar-refractivity contribution in [3.63, 3.8) is 0 Å². The highest BCUT2D eigenvalue weighted by Crippen LogP contribution is 2.17. The van der Waals surface area contributed by atoms with Crippen LogP contribution in [0.3, 0.4) is 0 Å². The highest BCUT2D eigenvalue weighted by atomic mass is 16.5. The summed E-state index contributed by atoms with van der Waals surface area (Å²) in [6.07, 6.45) is 1.66. The first kappa shape index (κ1) is 15.4. The first-order valence-electron chi connectivity index (χ1n) is 6.73. The molecule has 1 unspecified atom stereocenters. The summed E-state index contributed by atoms with van der Waals surface area (Å²) in [6, 6.07) is 16.4. The van der Waals surface area contributed by atoms with Crippen LogP contribution in [0.5, 0.6) is 11.5 Å². The van der Waals surface area contributed by atoms with Crippen LogP contribution in [0.2, 0.25) is 0 Å². The van der Waals surface area contributed by atoms with Crippen LogP contribution >= 0.6 is 0 Å². The minimum atomic E-state index is -0.514. The number of nitrogens with one attached hydrogen (secondary N) is 1. The van der Waals surface area contributed by atoms with Crippen molar-refractivity contribution in [2.45, 2.75) is 6.04 Å². The van der Waals surface area contributed by atoms with Crippen molar-refractivity contribution in [2.75, 3.05) is 14.2 Å². The van der Waals surface area contributed by atoms with Crippen molar-refractivity contribution in [1.29, 1.82) is 5.26 Å². The van der Waals surface area contributed by atoms with E-state index in [1.165, 1.54) is 0 Å². The third-order valence-electron chi connectivity index (χ3n) is 3.11. The Morgan fingerprint density at radius 1 is 1.00 bits per heavy atom. The molecule has 2 aromatic carbocycles. The lowest BCUT2D eigenvalue weighted by atomic mass is 10.1. The van der Waals surface area contributed by atoms with Gasteiger partial charge in [0.1, 0.15) is 11.5 Å². The van der Waals surface area contributed by atoms with Gasteiger partial charge in [-0.05, 0) is 47.5 Å². The van der Waals surface area contributed by atoms with Gasteiger partial charge in [-0.1, -0.05) is 12.1 Å². The quantitative estimate of drug-likeness (QED) is 0.657. The van der Waals surface area contributed by atoms with Gasteiger partial charge in [0, 0.05) is 0 Å². The standard InChI is InChI=1S/C17H17N3O2/c1-21-15-7-3-13(4-8-15)12-19-20-17(11-18)14-5-9-16(22-2)10-6-14/h3-10,12,17,20H,1-2H3/b19-12+. The predicted molar refractivity (Wildman–Crippen MR) is 85.1 cm³/mol. The van der Waals surface area contributed by atoms with E-state index < -0.39 is 6.04 Å². The molecule has 2 aromatic rings. The fourth-order valence-corrected chi connectivity index (χ4v) is 1.85. The maximum absolute atomic E-state index is 9.24. The molecule has 2 rings (SSSR count). The van der Waals surface area contributed by atoms with Crippen molar-refractivity contribution in [1.82, 2.24) is 5.43 Å².